The monoisotopic (exact) mass is 235 g/mol. The van der Waals surface area contributed by atoms with E-state index in [2.05, 4.69) is 12.2 Å². The highest BCUT2D eigenvalue weighted by Crippen LogP contribution is 2.26. The van der Waals surface area contributed by atoms with Gasteiger partial charge in [0.15, 0.2) is 0 Å². The van der Waals surface area contributed by atoms with Gasteiger partial charge in [-0.3, -0.25) is 0 Å². The third-order valence-electron chi connectivity index (χ3n) is 2.62. The van der Waals surface area contributed by atoms with Gasteiger partial charge in [0.1, 0.15) is 11.5 Å². The zero-order valence-corrected chi connectivity index (χ0v) is 10.1. The molecule has 0 bridgehead atoms. The maximum Gasteiger partial charge on any atom is 0.134 e. The summed E-state index contributed by atoms with van der Waals surface area (Å²) in [4.78, 5) is 0. The van der Waals surface area contributed by atoms with E-state index in [-0.39, 0.29) is 6.04 Å². The standard InChI is InChI=1S/C13H14ClNO/c1-9(15-2)12-7-8-13(16-12)10-3-5-11(14)6-4-10/h3-9,15H,1-2H3. The summed E-state index contributed by atoms with van der Waals surface area (Å²) in [5.74, 6) is 1.81. The van der Waals surface area contributed by atoms with Crippen LogP contribution in [0.2, 0.25) is 5.02 Å². The highest BCUT2D eigenvalue weighted by molar-refractivity contribution is 6.30. The minimum Gasteiger partial charge on any atom is -0.459 e. The Morgan fingerprint density at radius 3 is 2.44 bits per heavy atom. The van der Waals surface area contributed by atoms with Gasteiger partial charge in [0.05, 0.1) is 6.04 Å². The second-order valence-electron chi connectivity index (χ2n) is 3.72. The van der Waals surface area contributed by atoms with Crippen molar-refractivity contribution >= 4 is 11.6 Å². The average molecular weight is 236 g/mol. The van der Waals surface area contributed by atoms with Crippen LogP contribution in [0.15, 0.2) is 40.8 Å². The molecule has 3 heteroatoms. The Hall–Kier alpha value is -1.25. The number of hydrogen-bond acceptors (Lipinski definition) is 2. The van der Waals surface area contributed by atoms with E-state index in [1.54, 1.807) is 0 Å². The maximum absolute atomic E-state index is 5.84. The first kappa shape index (κ1) is 11.2. The normalized spacial score (nSPS) is 12.7. The van der Waals surface area contributed by atoms with Gasteiger partial charge in [-0.25, -0.2) is 0 Å². The molecule has 1 aromatic heterocycles. The van der Waals surface area contributed by atoms with E-state index in [9.17, 15) is 0 Å². The molecule has 0 spiro atoms. The summed E-state index contributed by atoms with van der Waals surface area (Å²) in [5, 5.41) is 3.88. The van der Waals surface area contributed by atoms with Crippen LogP contribution in [-0.4, -0.2) is 7.05 Å². The Kier molecular flexibility index (Phi) is 3.32. The molecular weight excluding hydrogens is 222 g/mol. The predicted molar refractivity (Wildman–Crippen MR) is 66.6 cm³/mol. The van der Waals surface area contributed by atoms with Crippen molar-refractivity contribution in [3.63, 3.8) is 0 Å². The van der Waals surface area contributed by atoms with Crippen molar-refractivity contribution in [1.82, 2.24) is 5.32 Å². The summed E-state index contributed by atoms with van der Waals surface area (Å²) >= 11 is 5.84. The van der Waals surface area contributed by atoms with E-state index in [4.69, 9.17) is 16.0 Å². The van der Waals surface area contributed by atoms with Gasteiger partial charge >= 0.3 is 0 Å². The number of halogens is 1. The zero-order chi connectivity index (χ0) is 11.5. The van der Waals surface area contributed by atoms with E-state index >= 15 is 0 Å². The lowest BCUT2D eigenvalue weighted by Gasteiger charge is -2.05. The second kappa shape index (κ2) is 4.73. The van der Waals surface area contributed by atoms with Crippen molar-refractivity contribution in [1.29, 1.82) is 0 Å². The lowest BCUT2D eigenvalue weighted by atomic mass is 10.2. The Morgan fingerprint density at radius 1 is 1.12 bits per heavy atom. The molecule has 0 fully saturated rings. The van der Waals surface area contributed by atoms with Crippen molar-refractivity contribution in [3.05, 3.63) is 47.2 Å². The first-order valence-electron chi connectivity index (χ1n) is 5.23. The van der Waals surface area contributed by atoms with E-state index in [0.717, 1.165) is 22.1 Å². The van der Waals surface area contributed by atoms with Crippen molar-refractivity contribution in [2.24, 2.45) is 0 Å². The molecule has 1 N–H and O–H groups in total. The largest absolute Gasteiger partial charge is 0.459 e. The van der Waals surface area contributed by atoms with Crippen LogP contribution in [0.25, 0.3) is 11.3 Å². The molecule has 2 rings (SSSR count). The molecule has 2 aromatic rings. The minimum atomic E-state index is 0.223. The van der Waals surface area contributed by atoms with Crippen LogP contribution >= 0.6 is 11.6 Å². The van der Waals surface area contributed by atoms with Crippen LogP contribution in [0.1, 0.15) is 18.7 Å². The van der Waals surface area contributed by atoms with Gasteiger partial charge in [0.2, 0.25) is 0 Å². The van der Waals surface area contributed by atoms with Crippen LogP contribution in [-0.2, 0) is 0 Å². The van der Waals surface area contributed by atoms with Crippen LogP contribution < -0.4 is 5.32 Å². The first-order valence-corrected chi connectivity index (χ1v) is 5.61. The minimum absolute atomic E-state index is 0.223. The molecular formula is C13H14ClNO. The summed E-state index contributed by atoms with van der Waals surface area (Å²) in [6.45, 7) is 2.06. The summed E-state index contributed by atoms with van der Waals surface area (Å²) < 4.78 is 5.76. The summed E-state index contributed by atoms with van der Waals surface area (Å²) in [5.41, 5.74) is 1.04. The highest BCUT2D eigenvalue weighted by Gasteiger charge is 2.09. The van der Waals surface area contributed by atoms with Crippen LogP contribution in [0.4, 0.5) is 0 Å². The number of nitrogens with one attached hydrogen (secondary N) is 1. The maximum atomic E-state index is 5.84. The van der Waals surface area contributed by atoms with Crippen LogP contribution in [0.3, 0.4) is 0 Å². The zero-order valence-electron chi connectivity index (χ0n) is 9.33. The fraction of sp³-hybridized carbons (Fsp3) is 0.231. The molecule has 1 aromatic carbocycles. The molecule has 2 nitrogen and oxygen atoms in total. The van der Waals surface area contributed by atoms with Gasteiger partial charge < -0.3 is 9.73 Å². The summed E-state index contributed by atoms with van der Waals surface area (Å²) in [7, 11) is 1.91. The third kappa shape index (κ3) is 2.29. The molecule has 0 saturated carbocycles. The number of hydrogen-bond donors (Lipinski definition) is 1. The SMILES string of the molecule is CNC(C)c1ccc(-c2ccc(Cl)cc2)o1. The van der Waals surface area contributed by atoms with Gasteiger partial charge in [-0.15, -0.1) is 0 Å². The van der Waals surface area contributed by atoms with E-state index in [0.29, 0.717) is 0 Å². The average Bonchev–Trinajstić information content (AvgIpc) is 2.78. The molecule has 84 valence electrons. The number of furan rings is 1. The van der Waals surface area contributed by atoms with Crippen molar-refractivity contribution in [2.45, 2.75) is 13.0 Å². The lowest BCUT2D eigenvalue weighted by Crippen LogP contribution is -2.10. The number of rotatable bonds is 3. The summed E-state index contributed by atoms with van der Waals surface area (Å²) in [6.07, 6.45) is 0. The van der Waals surface area contributed by atoms with Crippen molar-refractivity contribution < 1.29 is 4.42 Å². The van der Waals surface area contributed by atoms with Gasteiger partial charge in [-0.1, -0.05) is 11.6 Å². The molecule has 0 aliphatic heterocycles. The second-order valence-corrected chi connectivity index (χ2v) is 4.16. The Labute approximate surface area is 100 Å². The van der Waals surface area contributed by atoms with Crippen molar-refractivity contribution in [2.75, 3.05) is 7.05 Å². The van der Waals surface area contributed by atoms with Crippen LogP contribution in [0.5, 0.6) is 0 Å². The fourth-order valence-corrected chi connectivity index (χ4v) is 1.62. The molecule has 1 atom stereocenters. The number of benzene rings is 1. The predicted octanol–water partition coefficient (Wildman–Crippen LogP) is 3.88. The van der Waals surface area contributed by atoms with E-state index in [1.165, 1.54) is 0 Å². The fourth-order valence-electron chi connectivity index (χ4n) is 1.50. The molecule has 0 aliphatic rings. The van der Waals surface area contributed by atoms with Gasteiger partial charge in [-0.05, 0) is 50.4 Å². The molecule has 0 aliphatic carbocycles. The Morgan fingerprint density at radius 2 is 1.81 bits per heavy atom. The third-order valence-corrected chi connectivity index (χ3v) is 2.87. The lowest BCUT2D eigenvalue weighted by molar-refractivity contribution is 0.458. The smallest absolute Gasteiger partial charge is 0.134 e. The Balaban J connectivity index is 2.28. The van der Waals surface area contributed by atoms with Gasteiger partial charge in [0.25, 0.3) is 0 Å². The van der Waals surface area contributed by atoms with E-state index in [1.807, 2.05) is 43.4 Å². The molecule has 16 heavy (non-hydrogen) atoms. The van der Waals surface area contributed by atoms with Gasteiger partial charge in [-0.2, -0.15) is 0 Å². The molecule has 0 saturated heterocycles. The van der Waals surface area contributed by atoms with E-state index < -0.39 is 0 Å². The summed E-state index contributed by atoms with van der Waals surface area (Å²) in [6, 6.07) is 11.8. The van der Waals surface area contributed by atoms with Crippen molar-refractivity contribution in [3.8, 4) is 11.3 Å². The quantitative estimate of drug-likeness (QED) is 0.874. The topological polar surface area (TPSA) is 25.2 Å². The molecule has 1 unspecified atom stereocenters. The first-order chi connectivity index (χ1) is 7.70. The molecule has 0 radical (unpaired) electrons. The Bertz CT molecular complexity index is 461. The van der Waals surface area contributed by atoms with Gasteiger partial charge in [0, 0.05) is 10.6 Å². The molecule has 0 amide bonds. The highest BCUT2D eigenvalue weighted by atomic mass is 35.5. The van der Waals surface area contributed by atoms with Crippen LogP contribution in [0, 0.1) is 0 Å². The molecule has 1 heterocycles.